The van der Waals surface area contributed by atoms with Gasteiger partial charge in [0.15, 0.2) is 4.96 Å². The smallest absolute Gasteiger partial charge is 0.269 e. The first-order valence-corrected chi connectivity index (χ1v) is 7.90. The van der Waals surface area contributed by atoms with Crippen molar-refractivity contribution in [3.05, 3.63) is 32.7 Å². The quantitative estimate of drug-likeness (QED) is 0.880. The number of carbonyl (C=O) groups excluding carboxylic acids is 1. The molecule has 5 nitrogen and oxygen atoms in total. The fourth-order valence-electron chi connectivity index (χ4n) is 2.19. The van der Waals surface area contributed by atoms with Crippen molar-refractivity contribution in [2.45, 2.75) is 31.6 Å². The Kier molecular flexibility index (Phi) is 3.52. The number of thiazole rings is 1. The predicted octanol–water partition coefficient (Wildman–Crippen LogP) is 2.12. The molecule has 1 fully saturated rings. The fraction of sp³-hybridized carbons (Fsp3) is 0.462. The van der Waals surface area contributed by atoms with Crippen molar-refractivity contribution in [2.75, 3.05) is 6.54 Å². The molecule has 0 aromatic carbocycles. The van der Waals surface area contributed by atoms with E-state index in [9.17, 15) is 9.59 Å². The van der Waals surface area contributed by atoms with Gasteiger partial charge in [0.1, 0.15) is 5.69 Å². The first kappa shape index (κ1) is 13.6. The van der Waals surface area contributed by atoms with Crippen molar-refractivity contribution in [1.82, 2.24) is 14.7 Å². The standard InChI is InChI=1S/C13H14ClN3O2S/c1-2-15-12(19)10-11(7-3-4-7)20-13-16-8(6-14)5-9(18)17(10)13/h5,7H,2-4,6H2,1H3,(H,15,19). The molecule has 106 valence electrons. The Hall–Kier alpha value is -1.40. The van der Waals surface area contributed by atoms with Crippen molar-refractivity contribution in [3.8, 4) is 0 Å². The Balaban J connectivity index is 2.26. The molecule has 0 atom stereocenters. The third-order valence-electron chi connectivity index (χ3n) is 3.24. The zero-order valence-electron chi connectivity index (χ0n) is 11.0. The summed E-state index contributed by atoms with van der Waals surface area (Å²) < 4.78 is 1.42. The molecule has 0 saturated heterocycles. The lowest BCUT2D eigenvalue weighted by Gasteiger charge is -2.04. The average Bonchev–Trinajstić information content (AvgIpc) is 3.19. The number of alkyl halides is 1. The monoisotopic (exact) mass is 311 g/mol. The van der Waals surface area contributed by atoms with Crippen LogP contribution in [0.2, 0.25) is 0 Å². The van der Waals surface area contributed by atoms with Gasteiger partial charge in [0.05, 0.1) is 11.6 Å². The highest BCUT2D eigenvalue weighted by Crippen LogP contribution is 2.45. The number of amides is 1. The van der Waals surface area contributed by atoms with Crippen LogP contribution < -0.4 is 10.9 Å². The lowest BCUT2D eigenvalue weighted by atomic mass is 10.2. The molecule has 2 aromatic rings. The molecule has 1 aliphatic carbocycles. The molecule has 1 saturated carbocycles. The van der Waals surface area contributed by atoms with E-state index >= 15 is 0 Å². The van der Waals surface area contributed by atoms with Gasteiger partial charge in [-0.1, -0.05) is 0 Å². The highest BCUT2D eigenvalue weighted by Gasteiger charge is 2.32. The number of fused-ring (bicyclic) bond motifs is 1. The van der Waals surface area contributed by atoms with Crippen LogP contribution in [0.3, 0.4) is 0 Å². The molecular formula is C13H14ClN3O2S. The molecule has 20 heavy (non-hydrogen) atoms. The molecule has 0 unspecified atom stereocenters. The summed E-state index contributed by atoms with van der Waals surface area (Å²) in [6, 6.07) is 1.39. The zero-order valence-corrected chi connectivity index (χ0v) is 12.6. The van der Waals surface area contributed by atoms with Crippen molar-refractivity contribution in [2.24, 2.45) is 0 Å². The van der Waals surface area contributed by atoms with Gasteiger partial charge in [-0.25, -0.2) is 9.38 Å². The van der Waals surface area contributed by atoms with E-state index in [-0.39, 0.29) is 17.3 Å². The van der Waals surface area contributed by atoms with Crippen LogP contribution in [0.5, 0.6) is 0 Å². The highest BCUT2D eigenvalue weighted by molar-refractivity contribution is 7.17. The molecule has 0 aliphatic heterocycles. The Bertz CT molecular complexity index is 733. The minimum atomic E-state index is -0.241. The molecule has 2 aromatic heterocycles. The summed E-state index contributed by atoms with van der Waals surface area (Å²) in [5.41, 5.74) is 0.755. The van der Waals surface area contributed by atoms with Crippen molar-refractivity contribution >= 4 is 33.8 Å². The maximum atomic E-state index is 12.3. The van der Waals surface area contributed by atoms with E-state index in [0.717, 1.165) is 17.7 Å². The molecule has 0 bridgehead atoms. The van der Waals surface area contributed by atoms with Crippen LogP contribution in [0.1, 0.15) is 46.7 Å². The Morgan fingerprint density at radius 1 is 1.60 bits per heavy atom. The summed E-state index contributed by atoms with van der Waals surface area (Å²) in [5.74, 6) is 0.375. The van der Waals surface area contributed by atoms with Crippen LogP contribution in [0.4, 0.5) is 0 Å². The predicted molar refractivity (Wildman–Crippen MR) is 78.9 cm³/mol. The van der Waals surface area contributed by atoms with E-state index in [1.165, 1.54) is 21.8 Å². The number of halogens is 1. The summed E-state index contributed by atoms with van der Waals surface area (Å²) in [6.07, 6.45) is 2.13. The first-order valence-electron chi connectivity index (χ1n) is 6.55. The summed E-state index contributed by atoms with van der Waals surface area (Å²) in [7, 11) is 0. The molecule has 3 rings (SSSR count). The van der Waals surface area contributed by atoms with Crippen LogP contribution in [0.25, 0.3) is 4.96 Å². The third kappa shape index (κ3) is 2.23. The molecule has 0 spiro atoms. The molecular weight excluding hydrogens is 298 g/mol. The van der Waals surface area contributed by atoms with E-state index < -0.39 is 0 Å². The van der Waals surface area contributed by atoms with E-state index in [0.29, 0.717) is 28.8 Å². The second-order valence-corrected chi connectivity index (χ2v) is 6.06. The number of rotatable bonds is 4. The minimum absolute atomic E-state index is 0.193. The molecule has 1 N–H and O–H groups in total. The lowest BCUT2D eigenvalue weighted by molar-refractivity contribution is 0.0949. The fourth-order valence-corrected chi connectivity index (χ4v) is 3.64. The SMILES string of the molecule is CCNC(=O)c1c(C2CC2)sc2nc(CCl)cc(=O)n12. The van der Waals surface area contributed by atoms with E-state index in [4.69, 9.17) is 11.6 Å². The van der Waals surface area contributed by atoms with Gasteiger partial charge in [0.2, 0.25) is 0 Å². The lowest BCUT2D eigenvalue weighted by Crippen LogP contribution is -2.28. The van der Waals surface area contributed by atoms with E-state index in [1.54, 1.807) is 0 Å². The van der Waals surface area contributed by atoms with Gasteiger partial charge in [-0.15, -0.1) is 22.9 Å². The number of hydrogen-bond donors (Lipinski definition) is 1. The minimum Gasteiger partial charge on any atom is -0.351 e. The van der Waals surface area contributed by atoms with E-state index in [1.807, 2.05) is 6.92 Å². The first-order chi connectivity index (χ1) is 9.65. The zero-order chi connectivity index (χ0) is 14.3. The number of nitrogens with one attached hydrogen (secondary N) is 1. The van der Waals surface area contributed by atoms with Crippen LogP contribution in [0, 0.1) is 0 Å². The van der Waals surface area contributed by atoms with Crippen LogP contribution in [0.15, 0.2) is 10.9 Å². The second kappa shape index (κ2) is 5.18. The topological polar surface area (TPSA) is 63.5 Å². The Labute approximate surface area is 124 Å². The van der Waals surface area contributed by atoms with Crippen molar-refractivity contribution < 1.29 is 4.79 Å². The van der Waals surface area contributed by atoms with Crippen LogP contribution in [-0.2, 0) is 5.88 Å². The van der Waals surface area contributed by atoms with Crippen LogP contribution in [-0.4, -0.2) is 21.8 Å². The second-order valence-electron chi connectivity index (χ2n) is 4.79. The number of hydrogen-bond acceptors (Lipinski definition) is 4. The number of aromatic nitrogens is 2. The Morgan fingerprint density at radius 2 is 2.35 bits per heavy atom. The summed E-state index contributed by atoms with van der Waals surface area (Å²) in [5, 5.41) is 2.77. The maximum absolute atomic E-state index is 12.3. The largest absolute Gasteiger partial charge is 0.351 e. The van der Waals surface area contributed by atoms with Gasteiger partial charge in [0, 0.05) is 17.5 Å². The average molecular weight is 312 g/mol. The molecule has 1 amide bonds. The summed E-state index contributed by atoms with van der Waals surface area (Å²) >= 11 is 7.17. The maximum Gasteiger partial charge on any atom is 0.269 e. The van der Waals surface area contributed by atoms with Gasteiger partial charge in [0.25, 0.3) is 11.5 Å². The summed E-state index contributed by atoms with van der Waals surface area (Å²) in [4.78, 5) is 30.4. The molecule has 7 heteroatoms. The molecule has 2 heterocycles. The van der Waals surface area contributed by atoms with Gasteiger partial charge in [-0.05, 0) is 25.7 Å². The number of carbonyl (C=O) groups is 1. The number of nitrogens with zero attached hydrogens (tertiary/aromatic N) is 2. The molecule has 1 aliphatic rings. The van der Waals surface area contributed by atoms with Crippen molar-refractivity contribution in [3.63, 3.8) is 0 Å². The Morgan fingerprint density at radius 3 is 2.95 bits per heavy atom. The highest BCUT2D eigenvalue weighted by atomic mass is 35.5. The van der Waals surface area contributed by atoms with Gasteiger partial charge in [-0.3, -0.25) is 9.59 Å². The molecule has 0 radical (unpaired) electrons. The van der Waals surface area contributed by atoms with Crippen molar-refractivity contribution in [1.29, 1.82) is 0 Å². The normalized spacial score (nSPS) is 14.7. The van der Waals surface area contributed by atoms with Gasteiger partial charge in [-0.2, -0.15) is 0 Å². The van der Waals surface area contributed by atoms with Crippen LogP contribution >= 0.6 is 22.9 Å². The summed E-state index contributed by atoms with van der Waals surface area (Å²) in [6.45, 7) is 2.39. The van der Waals surface area contributed by atoms with Gasteiger partial charge >= 0.3 is 0 Å². The van der Waals surface area contributed by atoms with Gasteiger partial charge < -0.3 is 5.32 Å². The third-order valence-corrected chi connectivity index (χ3v) is 4.71. The van der Waals surface area contributed by atoms with E-state index in [2.05, 4.69) is 10.3 Å².